The molecule has 1 aliphatic heterocycles. The van der Waals surface area contributed by atoms with Gasteiger partial charge in [0.15, 0.2) is 5.79 Å². The molecule has 0 radical (unpaired) electrons. The summed E-state index contributed by atoms with van der Waals surface area (Å²) in [6.45, 7) is 0.680. The van der Waals surface area contributed by atoms with Crippen LogP contribution in [0.15, 0.2) is 16.8 Å². The van der Waals surface area contributed by atoms with Gasteiger partial charge in [-0.2, -0.15) is 11.3 Å². The van der Waals surface area contributed by atoms with Crippen molar-refractivity contribution in [1.29, 1.82) is 0 Å². The maximum absolute atomic E-state index is 5.97. The fraction of sp³-hybridized carbons (Fsp3) is 0.692. The Bertz CT molecular complexity index is 358. The van der Waals surface area contributed by atoms with Crippen molar-refractivity contribution in [3.05, 3.63) is 22.4 Å². The zero-order valence-electron chi connectivity index (χ0n) is 10.1. The molecular formula is C13H19NO2S. The normalized spacial score (nSPS) is 37.7. The average molecular weight is 253 g/mol. The molecule has 1 aliphatic carbocycles. The van der Waals surface area contributed by atoms with Gasteiger partial charge in [0.2, 0.25) is 0 Å². The van der Waals surface area contributed by atoms with E-state index in [0.717, 1.165) is 12.8 Å². The summed E-state index contributed by atoms with van der Waals surface area (Å²) in [6, 6.07) is 2.25. The van der Waals surface area contributed by atoms with Crippen molar-refractivity contribution in [2.75, 3.05) is 13.7 Å². The van der Waals surface area contributed by atoms with Gasteiger partial charge < -0.3 is 9.47 Å². The van der Waals surface area contributed by atoms with Crippen LogP contribution >= 0.6 is 11.3 Å². The molecule has 0 amide bonds. The maximum atomic E-state index is 5.97. The van der Waals surface area contributed by atoms with Gasteiger partial charge in [0.1, 0.15) is 6.23 Å². The number of rotatable bonds is 2. The number of likely N-dealkylation sites (N-methyl/N-ethyl adjacent to an activating group) is 1. The standard InChI is InChI=1S/C13H19NO2S/c1-14-12-8-15-13(16-12)5-2-10(3-6-13)11-4-7-17-9-11/h4,7,9-10,12,14H,2-3,5-6,8H2,1H3. The topological polar surface area (TPSA) is 30.5 Å². The van der Waals surface area contributed by atoms with Gasteiger partial charge in [-0.1, -0.05) is 0 Å². The third-order valence-corrected chi connectivity index (χ3v) is 4.64. The van der Waals surface area contributed by atoms with Crippen LogP contribution in [0.3, 0.4) is 0 Å². The Balaban J connectivity index is 1.61. The van der Waals surface area contributed by atoms with Gasteiger partial charge in [-0.25, -0.2) is 0 Å². The lowest BCUT2D eigenvalue weighted by atomic mass is 9.82. The van der Waals surface area contributed by atoms with Gasteiger partial charge in [0, 0.05) is 12.8 Å². The fourth-order valence-electron chi connectivity index (χ4n) is 2.86. The Morgan fingerprint density at radius 2 is 2.24 bits per heavy atom. The minimum Gasteiger partial charge on any atom is -0.346 e. The second-order valence-corrected chi connectivity index (χ2v) is 5.73. The first kappa shape index (κ1) is 11.7. The Morgan fingerprint density at radius 3 is 2.82 bits per heavy atom. The van der Waals surface area contributed by atoms with Gasteiger partial charge in [-0.15, -0.1) is 0 Å². The van der Waals surface area contributed by atoms with Crippen LogP contribution in [-0.4, -0.2) is 25.7 Å². The quantitative estimate of drug-likeness (QED) is 0.879. The van der Waals surface area contributed by atoms with E-state index in [1.807, 2.05) is 7.05 Å². The molecule has 2 aliphatic rings. The molecular weight excluding hydrogens is 234 g/mol. The predicted octanol–water partition coefficient (Wildman–Crippen LogP) is 2.69. The molecule has 2 fully saturated rings. The van der Waals surface area contributed by atoms with Gasteiger partial charge in [-0.05, 0) is 48.2 Å². The summed E-state index contributed by atoms with van der Waals surface area (Å²) in [7, 11) is 1.92. The smallest absolute Gasteiger partial charge is 0.170 e. The van der Waals surface area contributed by atoms with E-state index < -0.39 is 0 Å². The van der Waals surface area contributed by atoms with Crippen LogP contribution in [0.1, 0.15) is 37.2 Å². The number of thiophene rings is 1. The third-order valence-electron chi connectivity index (χ3n) is 3.94. The van der Waals surface area contributed by atoms with Crippen molar-refractivity contribution in [2.24, 2.45) is 0 Å². The molecule has 4 heteroatoms. The van der Waals surface area contributed by atoms with Crippen LogP contribution in [0.4, 0.5) is 0 Å². The summed E-state index contributed by atoms with van der Waals surface area (Å²) in [4.78, 5) is 0. The molecule has 1 saturated carbocycles. The van der Waals surface area contributed by atoms with Crippen molar-refractivity contribution in [3.63, 3.8) is 0 Å². The lowest BCUT2D eigenvalue weighted by molar-refractivity contribution is -0.191. The molecule has 1 N–H and O–H groups in total. The first-order valence-electron chi connectivity index (χ1n) is 6.32. The van der Waals surface area contributed by atoms with E-state index in [-0.39, 0.29) is 12.0 Å². The molecule has 94 valence electrons. The minimum absolute atomic E-state index is 0.0766. The Hall–Kier alpha value is -0.420. The Morgan fingerprint density at radius 1 is 1.41 bits per heavy atom. The second kappa shape index (κ2) is 4.69. The van der Waals surface area contributed by atoms with E-state index in [1.54, 1.807) is 11.3 Å². The van der Waals surface area contributed by atoms with E-state index >= 15 is 0 Å². The molecule has 1 unspecified atom stereocenters. The first-order chi connectivity index (χ1) is 8.31. The molecule has 0 bridgehead atoms. The highest BCUT2D eigenvalue weighted by molar-refractivity contribution is 7.07. The van der Waals surface area contributed by atoms with Crippen molar-refractivity contribution >= 4 is 11.3 Å². The van der Waals surface area contributed by atoms with Crippen molar-refractivity contribution in [1.82, 2.24) is 5.32 Å². The third kappa shape index (κ3) is 2.27. The summed E-state index contributed by atoms with van der Waals surface area (Å²) >= 11 is 1.79. The number of ether oxygens (including phenoxy) is 2. The largest absolute Gasteiger partial charge is 0.346 e. The van der Waals surface area contributed by atoms with E-state index in [1.165, 1.54) is 18.4 Å². The predicted molar refractivity (Wildman–Crippen MR) is 68.1 cm³/mol. The summed E-state index contributed by atoms with van der Waals surface area (Å²) in [6.07, 6.45) is 4.46. The van der Waals surface area contributed by atoms with Gasteiger partial charge in [0.05, 0.1) is 6.61 Å². The molecule has 17 heavy (non-hydrogen) atoms. The van der Waals surface area contributed by atoms with Crippen LogP contribution in [0, 0.1) is 0 Å². The van der Waals surface area contributed by atoms with Gasteiger partial charge in [-0.3, -0.25) is 5.32 Å². The molecule has 1 aromatic heterocycles. The minimum atomic E-state index is -0.291. The van der Waals surface area contributed by atoms with Crippen molar-refractivity contribution in [2.45, 2.75) is 43.6 Å². The number of nitrogens with one attached hydrogen (secondary N) is 1. The molecule has 1 atom stereocenters. The zero-order chi connectivity index (χ0) is 11.7. The summed E-state index contributed by atoms with van der Waals surface area (Å²) in [5, 5.41) is 7.57. The molecule has 3 rings (SSSR count). The molecule has 0 aromatic carbocycles. The SMILES string of the molecule is CNC1COC2(CCC(c3ccsc3)CC2)O1. The van der Waals surface area contributed by atoms with Crippen molar-refractivity contribution < 1.29 is 9.47 Å². The van der Waals surface area contributed by atoms with Crippen LogP contribution in [-0.2, 0) is 9.47 Å². The lowest BCUT2D eigenvalue weighted by Gasteiger charge is -2.35. The van der Waals surface area contributed by atoms with Gasteiger partial charge in [0.25, 0.3) is 0 Å². The summed E-state index contributed by atoms with van der Waals surface area (Å²) in [5.74, 6) is 0.410. The van der Waals surface area contributed by atoms with E-state index in [4.69, 9.17) is 9.47 Å². The van der Waals surface area contributed by atoms with E-state index in [0.29, 0.717) is 12.5 Å². The van der Waals surface area contributed by atoms with Gasteiger partial charge >= 0.3 is 0 Å². The highest BCUT2D eigenvalue weighted by Crippen LogP contribution is 2.43. The van der Waals surface area contributed by atoms with Crippen LogP contribution < -0.4 is 5.32 Å². The molecule has 2 heterocycles. The second-order valence-electron chi connectivity index (χ2n) is 4.95. The highest BCUT2D eigenvalue weighted by atomic mass is 32.1. The van der Waals surface area contributed by atoms with Crippen molar-refractivity contribution in [3.8, 4) is 0 Å². The fourth-order valence-corrected chi connectivity index (χ4v) is 3.60. The van der Waals surface area contributed by atoms with E-state index in [2.05, 4.69) is 22.1 Å². The van der Waals surface area contributed by atoms with Crippen LogP contribution in [0.5, 0.6) is 0 Å². The number of hydrogen-bond donors (Lipinski definition) is 1. The zero-order valence-corrected chi connectivity index (χ0v) is 11.0. The summed E-state index contributed by atoms with van der Waals surface area (Å²) in [5.41, 5.74) is 1.49. The highest BCUT2D eigenvalue weighted by Gasteiger charge is 2.43. The molecule has 1 aromatic rings. The van der Waals surface area contributed by atoms with E-state index in [9.17, 15) is 0 Å². The molecule has 1 spiro atoms. The lowest BCUT2D eigenvalue weighted by Crippen LogP contribution is -2.37. The average Bonchev–Trinajstić information content (AvgIpc) is 3.00. The Kier molecular flexibility index (Phi) is 3.21. The first-order valence-corrected chi connectivity index (χ1v) is 7.27. The Labute approximate surface area is 106 Å². The summed E-state index contributed by atoms with van der Waals surface area (Å²) < 4.78 is 11.8. The van der Waals surface area contributed by atoms with Crippen LogP contribution in [0.25, 0.3) is 0 Å². The molecule has 3 nitrogen and oxygen atoms in total. The monoisotopic (exact) mass is 253 g/mol. The van der Waals surface area contributed by atoms with Crippen LogP contribution in [0.2, 0.25) is 0 Å². The molecule has 1 saturated heterocycles. The number of hydrogen-bond acceptors (Lipinski definition) is 4. The maximum Gasteiger partial charge on any atom is 0.170 e.